The predicted molar refractivity (Wildman–Crippen MR) is 106 cm³/mol. The van der Waals surface area contributed by atoms with Gasteiger partial charge in [0.1, 0.15) is 11.6 Å². The van der Waals surface area contributed by atoms with Gasteiger partial charge in [-0.2, -0.15) is 5.26 Å². The summed E-state index contributed by atoms with van der Waals surface area (Å²) in [7, 11) is 0. The first-order valence-electron chi connectivity index (χ1n) is 7.37. The topological polar surface area (TPSA) is 71.4 Å². The van der Waals surface area contributed by atoms with Crippen LogP contribution in [0.5, 0.6) is 11.5 Å². The number of nitrogens with zero attached hydrogens (tertiary/aromatic N) is 1. The highest BCUT2D eigenvalue weighted by atomic mass is 79.9. The van der Waals surface area contributed by atoms with Crippen molar-refractivity contribution in [3.63, 3.8) is 0 Å². The molecule has 0 atom stereocenters. The number of halogens is 3. The Morgan fingerprint density at radius 1 is 1.23 bits per heavy atom. The van der Waals surface area contributed by atoms with Gasteiger partial charge in [-0.1, -0.05) is 11.6 Å². The maximum atomic E-state index is 12.5. The third kappa shape index (κ3) is 3.88. The second-order valence-electron chi connectivity index (χ2n) is 5.45. The number of ether oxygens (including phenoxy) is 2. The van der Waals surface area contributed by atoms with Gasteiger partial charge in [-0.05, 0) is 74.2 Å². The number of nitriles is 1. The molecule has 8 heteroatoms. The number of anilines is 1. The lowest BCUT2D eigenvalue weighted by Gasteiger charge is -2.10. The van der Waals surface area contributed by atoms with E-state index in [1.807, 2.05) is 25.1 Å². The van der Waals surface area contributed by atoms with Crippen LogP contribution in [0, 0.1) is 18.3 Å². The van der Waals surface area contributed by atoms with Crippen molar-refractivity contribution in [2.45, 2.75) is 6.92 Å². The molecule has 1 N–H and O–H groups in total. The van der Waals surface area contributed by atoms with Crippen LogP contribution in [-0.4, -0.2) is 12.7 Å². The second-order valence-corrected chi connectivity index (χ2v) is 7.57. The molecule has 0 unspecified atom stereocenters. The van der Waals surface area contributed by atoms with Crippen molar-refractivity contribution in [2.24, 2.45) is 0 Å². The first-order valence-corrected chi connectivity index (χ1v) is 9.33. The standard InChI is InChI=1S/C18H11Br2ClN2O3/c1-9-2-12(19)17(13(20)3-9)23-18(24)11(7-22)4-10-5-15-16(6-14(10)21)26-8-25-15/h2-6H,8H2,1H3,(H,23,24)/b11-4+. The van der Waals surface area contributed by atoms with E-state index in [0.717, 1.165) is 5.56 Å². The lowest BCUT2D eigenvalue weighted by molar-refractivity contribution is -0.112. The Morgan fingerprint density at radius 2 is 1.85 bits per heavy atom. The Labute approximate surface area is 171 Å². The van der Waals surface area contributed by atoms with Crippen molar-refractivity contribution in [1.82, 2.24) is 0 Å². The number of aryl methyl sites for hydroxylation is 1. The Morgan fingerprint density at radius 3 is 2.46 bits per heavy atom. The second kappa shape index (κ2) is 7.70. The fraction of sp³-hybridized carbons (Fsp3) is 0.111. The van der Waals surface area contributed by atoms with Gasteiger partial charge in [0.05, 0.1) is 10.7 Å². The van der Waals surface area contributed by atoms with E-state index >= 15 is 0 Å². The maximum Gasteiger partial charge on any atom is 0.266 e. The van der Waals surface area contributed by atoms with Gasteiger partial charge >= 0.3 is 0 Å². The molecule has 1 aliphatic heterocycles. The Hall–Kier alpha value is -2.01. The van der Waals surface area contributed by atoms with E-state index in [1.54, 1.807) is 12.1 Å². The van der Waals surface area contributed by atoms with E-state index in [0.29, 0.717) is 36.7 Å². The minimum atomic E-state index is -0.550. The highest BCUT2D eigenvalue weighted by Gasteiger charge is 2.18. The summed E-state index contributed by atoms with van der Waals surface area (Å²) in [6.07, 6.45) is 1.41. The smallest absolute Gasteiger partial charge is 0.266 e. The molecule has 0 saturated carbocycles. The van der Waals surface area contributed by atoms with Crippen molar-refractivity contribution in [3.8, 4) is 17.6 Å². The molecule has 0 fully saturated rings. The molecule has 2 aromatic rings. The van der Waals surface area contributed by atoms with Crippen LogP contribution in [0.15, 0.2) is 38.8 Å². The van der Waals surface area contributed by atoms with E-state index in [4.69, 9.17) is 21.1 Å². The number of amides is 1. The number of nitrogens with one attached hydrogen (secondary N) is 1. The minimum Gasteiger partial charge on any atom is -0.454 e. The van der Waals surface area contributed by atoms with E-state index in [1.165, 1.54) is 6.08 Å². The van der Waals surface area contributed by atoms with Crippen molar-refractivity contribution in [2.75, 3.05) is 12.1 Å². The third-order valence-electron chi connectivity index (χ3n) is 3.58. The first kappa shape index (κ1) is 18.8. The van der Waals surface area contributed by atoms with Crippen LogP contribution >= 0.6 is 43.5 Å². The van der Waals surface area contributed by atoms with E-state index in [-0.39, 0.29) is 12.4 Å². The molecule has 0 aromatic heterocycles. The van der Waals surface area contributed by atoms with Gasteiger partial charge in [-0.3, -0.25) is 4.79 Å². The summed E-state index contributed by atoms with van der Waals surface area (Å²) in [5.74, 6) is 0.497. The van der Waals surface area contributed by atoms with E-state index < -0.39 is 5.91 Å². The van der Waals surface area contributed by atoms with Gasteiger partial charge in [0.25, 0.3) is 5.91 Å². The number of fused-ring (bicyclic) bond motifs is 1. The summed E-state index contributed by atoms with van der Waals surface area (Å²) in [6, 6.07) is 8.86. The predicted octanol–water partition coefficient (Wildman–Crippen LogP) is 5.45. The van der Waals surface area contributed by atoms with Gasteiger partial charge in [0.15, 0.2) is 11.5 Å². The SMILES string of the molecule is Cc1cc(Br)c(NC(=O)/C(C#N)=C/c2cc3c(cc2Cl)OCO3)c(Br)c1. The molecule has 0 spiro atoms. The molecular formula is C18H11Br2ClN2O3. The van der Waals surface area contributed by atoms with Crippen LogP contribution < -0.4 is 14.8 Å². The monoisotopic (exact) mass is 496 g/mol. The largest absolute Gasteiger partial charge is 0.454 e. The average molecular weight is 499 g/mol. The molecule has 3 rings (SSSR count). The van der Waals surface area contributed by atoms with Gasteiger partial charge in [0.2, 0.25) is 6.79 Å². The summed E-state index contributed by atoms with van der Waals surface area (Å²) in [5, 5.41) is 12.5. The van der Waals surface area contributed by atoms with Crippen LogP contribution in [0.25, 0.3) is 6.08 Å². The fourth-order valence-electron chi connectivity index (χ4n) is 2.35. The highest BCUT2D eigenvalue weighted by molar-refractivity contribution is 9.11. The molecule has 132 valence electrons. The van der Waals surface area contributed by atoms with Crippen molar-refractivity contribution in [3.05, 3.63) is 54.9 Å². The number of rotatable bonds is 3. The molecule has 1 aliphatic rings. The lowest BCUT2D eigenvalue weighted by Crippen LogP contribution is -2.14. The number of benzene rings is 2. The Balaban J connectivity index is 1.91. The number of hydrogen-bond acceptors (Lipinski definition) is 4. The van der Waals surface area contributed by atoms with Crippen LogP contribution in [-0.2, 0) is 4.79 Å². The molecule has 0 bridgehead atoms. The Kier molecular flexibility index (Phi) is 5.56. The van der Waals surface area contributed by atoms with Crippen LogP contribution in [0.2, 0.25) is 5.02 Å². The van der Waals surface area contributed by atoms with Crippen molar-refractivity contribution in [1.29, 1.82) is 5.26 Å². The molecule has 1 heterocycles. The van der Waals surface area contributed by atoms with Crippen LogP contribution in [0.3, 0.4) is 0 Å². The normalized spacial score (nSPS) is 12.7. The molecule has 5 nitrogen and oxygen atoms in total. The quantitative estimate of drug-likeness (QED) is 0.451. The zero-order valence-corrected chi connectivity index (χ0v) is 17.3. The summed E-state index contributed by atoms with van der Waals surface area (Å²) >= 11 is 13.0. The fourth-order valence-corrected chi connectivity index (χ4v) is 4.17. The molecule has 0 radical (unpaired) electrons. The van der Waals surface area contributed by atoms with Gasteiger partial charge in [-0.15, -0.1) is 0 Å². The molecule has 0 aliphatic carbocycles. The average Bonchev–Trinajstić information content (AvgIpc) is 3.02. The molecule has 26 heavy (non-hydrogen) atoms. The molecule has 2 aromatic carbocycles. The van der Waals surface area contributed by atoms with Gasteiger partial charge < -0.3 is 14.8 Å². The van der Waals surface area contributed by atoms with Crippen LogP contribution in [0.1, 0.15) is 11.1 Å². The highest BCUT2D eigenvalue weighted by Crippen LogP contribution is 2.38. The first-order chi connectivity index (χ1) is 12.4. The Bertz CT molecular complexity index is 960. The van der Waals surface area contributed by atoms with E-state index in [2.05, 4.69) is 37.2 Å². The molecular weight excluding hydrogens is 487 g/mol. The van der Waals surface area contributed by atoms with E-state index in [9.17, 15) is 10.1 Å². The molecule has 0 saturated heterocycles. The summed E-state index contributed by atoms with van der Waals surface area (Å²) in [4.78, 5) is 12.5. The zero-order valence-electron chi connectivity index (χ0n) is 13.4. The number of hydrogen-bond donors (Lipinski definition) is 1. The summed E-state index contributed by atoms with van der Waals surface area (Å²) < 4.78 is 12.0. The summed E-state index contributed by atoms with van der Waals surface area (Å²) in [5.41, 5.74) is 1.96. The number of carbonyl (C=O) groups excluding carboxylic acids is 1. The van der Waals surface area contributed by atoms with Gasteiger partial charge in [-0.25, -0.2) is 0 Å². The minimum absolute atomic E-state index is 0.0925. The van der Waals surface area contributed by atoms with Crippen molar-refractivity contribution < 1.29 is 14.3 Å². The van der Waals surface area contributed by atoms with Crippen LogP contribution in [0.4, 0.5) is 5.69 Å². The maximum absolute atomic E-state index is 12.5. The zero-order chi connectivity index (χ0) is 18.8. The summed E-state index contributed by atoms with van der Waals surface area (Å²) in [6.45, 7) is 2.04. The van der Waals surface area contributed by atoms with Crippen molar-refractivity contribution >= 4 is 61.1 Å². The molecule has 1 amide bonds. The van der Waals surface area contributed by atoms with Gasteiger partial charge in [0, 0.05) is 15.0 Å². The third-order valence-corrected chi connectivity index (χ3v) is 5.16. The number of carbonyl (C=O) groups is 1. The lowest BCUT2D eigenvalue weighted by atomic mass is 10.1.